The summed E-state index contributed by atoms with van der Waals surface area (Å²) in [6.07, 6.45) is -4.99. The van der Waals surface area contributed by atoms with Gasteiger partial charge >= 0.3 is 6.18 Å². The van der Waals surface area contributed by atoms with Gasteiger partial charge in [-0.25, -0.2) is 0 Å². The third-order valence-electron chi connectivity index (χ3n) is 4.49. The van der Waals surface area contributed by atoms with Gasteiger partial charge in [-0.3, -0.25) is 9.59 Å². The Morgan fingerprint density at radius 3 is 2.15 bits per heavy atom. The maximum atomic E-state index is 12.8. The molecule has 0 heterocycles. The molecule has 2 atom stereocenters. The molecule has 7 heteroatoms. The Bertz CT molecular complexity index is 846. The Morgan fingerprint density at radius 1 is 1.00 bits per heavy atom. The third kappa shape index (κ3) is 4.78. The predicted octanol–water partition coefficient (Wildman–Crippen LogP) is 4.22. The van der Waals surface area contributed by atoms with Crippen molar-refractivity contribution in [3.63, 3.8) is 0 Å². The Kier molecular flexibility index (Phi) is 6.13. The average molecular weight is 381 g/mol. The molecule has 0 saturated carbocycles. The van der Waals surface area contributed by atoms with Crippen LogP contribution in [0.25, 0.3) is 10.8 Å². The van der Waals surface area contributed by atoms with Crippen molar-refractivity contribution in [1.29, 1.82) is 0 Å². The fourth-order valence-corrected chi connectivity index (χ4v) is 2.78. The van der Waals surface area contributed by atoms with E-state index >= 15 is 0 Å². The van der Waals surface area contributed by atoms with Crippen molar-refractivity contribution < 1.29 is 27.5 Å². The summed E-state index contributed by atoms with van der Waals surface area (Å²) in [6, 6.07) is 9.22. The number of hydrogen-bond acceptors (Lipinski definition) is 3. The normalized spacial score (nSPS) is 14.1. The first-order valence-corrected chi connectivity index (χ1v) is 8.53. The average Bonchev–Trinajstić information content (AvgIpc) is 2.62. The highest BCUT2D eigenvalue weighted by Crippen LogP contribution is 2.26. The van der Waals surface area contributed by atoms with Crippen molar-refractivity contribution in [2.75, 3.05) is 7.11 Å². The topological polar surface area (TPSA) is 55.4 Å². The monoisotopic (exact) mass is 381 g/mol. The second-order valence-electron chi connectivity index (χ2n) is 6.79. The summed E-state index contributed by atoms with van der Waals surface area (Å²) in [7, 11) is 1.56. The molecule has 0 saturated heterocycles. The van der Waals surface area contributed by atoms with E-state index in [0.717, 1.165) is 10.8 Å². The van der Waals surface area contributed by atoms with Gasteiger partial charge in [-0.05, 0) is 41.3 Å². The van der Waals surface area contributed by atoms with Crippen LogP contribution in [0.3, 0.4) is 0 Å². The zero-order valence-corrected chi connectivity index (χ0v) is 15.6. The number of amides is 1. The lowest BCUT2D eigenvalue weighted by Gasteiger charge is -2.24. The van der Waals surface area contributed by atoms with Gasteiger partial charge in [0.1, 0.15) is 5.75 Å². The molecule has 0 aromatic heterocycles. The molecule has 2 aromatic rings. The van der Waals surface area contributed by atoms with Gasteiger partial charge in [0, 0.05) is 0 Å². The van der Waals surface area contributed by atoms with E-state index in [4.69, 9.17) is 4.74 Å². The predicted molar refractivity (Wildman–Crippen MR) is 96.7 cm³/mol. The minimum atomic E-state index is -4.99. The number of Topliss-reactive ketones (excluding diaryl/α,β-unsaturated/α-hetero) is 1. The fourth-order valence-electron chi connectivity index (χ4n) is 2.78. The van der Waals surface area contributed by atoms with Crippen LogP contribution in [0.2, 0.25) is 0 Å². The second kappa shape index (κ2) is 7.98. The van der Waals surface area contributed by atoms with E-state index in [-0.39, 0.29) is 0 Å². The number of ether oxygens (including phenoxy) is 1. The maximum Gasteiger partial charge on any atom is 0.452 e. The molecule has 2 unspecified atom stereocenters. The van der Waals surface area contributed by atoms with Crippen LogP contribution in [0.15, 0.2) is 36.4 Å². The van der Waals surface area contributed by atoms with Crippen LogP contribution in [0.5, 0.6) is 5.75 Å². The van der Waals surface area contributed by atoms with E-state index in [9.17, 15) is 22.8 Å². The van der Waals surface area contributed by atoms with Crippen LogP contribution < -0.4 is 10.1 Å². The number of carbonyl (C=O) groups is 2. The highest BCUT2D eigenvalue weighted by atomic mass is 19.4. The van der Waals surface area contributed by atoms with Gasteiger partial charge in [-0.15, -0.1) is 0 Å². The van der Waals surface area contributed by atoms with Crippen LogP contribution in [0.4, 0.5) is 13.2 Å². The molecule has 0 spiro atoms. The molecular formula is C20H22F3NO3. The molecule has 4 nitrogen and oxygen atoms in total. The van der Waals surface area contributed by atoms with Gasteiger partial charge < -0.3 is 10.1 Å². The van der Waals surface area contributed by atoms with E-state index in [0.29, 0.717) is 11.3 Å². The Morgan fingerprint density at radius 2 is 1.59 bits per heavy atom. The molecule has 0 aliphatic rings. The maximum absolute atomic E-state index is 12.8. The largest absolute Gasteiger partial charge is 0.497 e. The Hall–Kier alpha value is -2.57. The highest BCUT2D eigenvalue weighted by Gasteiger charge is 2.45. The smallest absolute Gasteiger partial charge is 0.452 e. The van der Waals surface area contributed by atoms with E-state index < -0.39 is 35.7 Å². The number of halogens is 3. The molecule has 146 valence electrons. The number of methoxy groups -OCH3 is 1. The van der Waals surface area contributed by atoms with Gasteiger partial charge in [-0.2, -0.15) is 13.2 Å². The lowest BCUT2D eigenvalue weighted by atomic mass is 9.94. The third-order valence-corrected chi connectivity index (χ3v) is 4.49. The Balaban J connectivity index is 2.22. The van der Waals surface area contributed by atoms with Crippen LogP contribution in [-0.4, -0.2) is 31.0 Å². The van der Waals surface area contributed by atoms with Crippen molar-refractivity contribution in [3.8, 4) is 5.75 Å². The molecule has 1 amide bonds. The molecule has 0 fully saturated rings. The molecule has 0 radical (unpaired) electrons. The number of hydrogen-bond donors (Lipinski definition) is 1. The molecule has 2 rings (SSSR count). The van der Waals surface area contributed by atoms with Gasteiger partial charge in [0.15, 0.2) is 0 Å². The molecule has 0 bridgehead atoms. The number of benzene rings is 2. The summed E-state index contributed by atoms with van der Waals surface area (Å²) >= 11 is 0. The van der Waals surface area contributed by atoms with E-state index in [1.807, 2.05) is 18.2 Å². The summed E-state index contributed by atoms with van der Waals surface area (Å²) in [5, 5.41) is 4.05. The molecule has 27 heavy (non-hydrogen) atoms. The second-order valence-corrected chi connectivity index (χ2v) is 6.79. The highest BCUT2D eigenvalue weighted by molar-refractivity contribution is 5.95. The molecule has 1 N–H and O–H groups in total. The summed E-state index contributed by atoms with van der Waals surface area (Å²) in [6.45, 7) is 4.51. The zero-order valence-electron chi connectivity index (χ0n) is 15.6. The first-order chi connectivity index (χ1) is 12.5. The zero-order chi connectivity index (χ0) is 20.4. The van der Waals surface area contributed by atoms with E-state index in [1.165, 1.54) is 13.8 Å². The van der Waals surface area contributed by atoms with Crippen LogP contribution in [-0.2, 0) is 9.59 Å². The van der Waals surface area contributed by atoms with Crippen molar-refractivity contribution >= 4 is 22.5 Å². The minimum Gasteiger partial charge on any atom is -0.497 e. The van der Waals surface area contributed by atoms with Crippen molar-refractivity contribution in [2.24, 2.45) is 5.92 Å². The fraction of sp³-hybridized carbons (Fsp3) is 0.400. The van der Waals surface area contributed by atoms with Gasteiger partial charge in [0.25, 0.3) is 5.78 Å². The minimum absolute atomic E-state index is 0.626. The Labute approximate surface area is 155 Å². The first kappa shape index (κ1) is 20.7. The SMILES string of the molecule is COc1ccc2cc(C(C)C(=O)NC(C(=O)C(F)(F)F)C(C)C)ccc2c1. The number of ketones is 1. The number of nitrogens with one attached hydrogen (secondary N) is 1. The van der Waals surface area contributed by atoms with E-state index in [1.54, 1.807) is 32.2 Å². The van der Waals surface area contributed by atoms with Crippen molar-refractivity contribution in [3.05, 3.63) is 42.0 Å². The summed E-state index contributed by atoms with van der Waals surface area (Å²) < 4.78 is 43.4. The van der Waals surface area contributed by atoms with E-state index in [2.05, 4.69) is 5.32 Å². The summed E-state index contributed by atoms with van der Waals surface area (Å²) in [5.74, 6) is -3.26. The number of rotatable bonds is 6. The standard InChI is InChI=1S/C20H22F3NO3/c1-11(2)17(18(25)20(21,22)23)24-19(26)12(3)13-5-6-15-10-16(27-4)8-7-14(15)9-13/h5-12,17H,1-4H3,(H,24,26). The van der Waals surface area contributed by atoms with Gasteiger partial charge in [-0.1, -0.05) is 38.1 Å². The molecular weight excluding hydrogens is 359 g/mol. The first-order valence-electron chi connectivity index (χ1n) is 8.53. The lowest BCUT2D eigenvalue weighted by Crippen LogP contribution is -2.50. The number of fused-ring (bicyclic) bond motifs is 1. The van der Waals surface area contributed by atoms with Crippen LogP contribution in [0, 0.1) is 5.92 Å². The molecule has 0 aliphatic heterocycles. The molecule has 2 aromatic carbocycles. The van der Waals surface area contributed by atoms with Crippen LogP contribution in [0.1, 0.15) is 32.3 Å². The number of alkyl halides is 3. The quantitative estimate of drug-likeness (QED) is 0.815. The molecule has 0 aliphatic carbocycles. The van der Waals surface area contributed by atoms with Crippen LogP contribution >= 0.6 is 0 Å². The lowest BCUT2D eigenvalue weighted by molar-refractivity contribution is -0.174. The summed E-state index contributed by atoms with van der Waals surface area (Å²) in [4.78, 5) is 24.1. The summed E-state index contributed by atoms with van der Waals surface area (Å²) in [5.41, 5.74) is 0.645. The van der Waals surface area contributed by atoms with Crippen molar-refractivity contribution in [2.45, 2.75) is 38.9 Å². The number of carbonyl (C=O) groups excluding carboxylic acids is 2. The van der Waals surface area contributed by atoms with Crippen molar-refractivity contribution in [1.82, 2.24) is 5.32 Å². The van der Waals surface area contributed by atoms with Gasteiger partial charge in [0.2, 0.25) is 5.91 Å². The van der Waals surface area contributed by atoms with Gasteiger partial charge in [0.05, 0.1) is 19.1 Å².